The lowest BCUT2D eigenvalue weighted by atomic mass is 10.2. The highest BCUT2D eigenvalue weighted by Crippen LogP contribution is 2.24. The van der Waals surface area contributed by atoms with Crippen LogP contribution in [0.1, 0.15) is 26.5 Å². The summed E-state index contributed by atoms with van der Waals surface area (Å²) >= 11 is 6.02. The van der Waals surface area contributed by atoms with Gasteiger partial charge in [-0.25, -0.2) is 4.79 Å². The summed E-state index contributed by atoms with van der Waals surface area (Å²) in [7, 11) is 3.03. The van der Waals surface area contributed by atoms with Gasteiger partial charge >= 0.3 is 5.97 Å². The number of esters is 1. The van der Waals surface area contributed by atoms with Gasteiger partial charge in [0.2, 0.25) is 0 Å². The third kappa shape index (κ3) is 3.22. The van der Waals surface area contributed by atoms with Gasteiger partial charge in [0.15, 0.2) is 5.69 Å². The van der Waals surface area contributed by atoms with Crippen LogP contribution < -0.4 is 5.32 Å². The topological polar surface area (TPSA) is 73.2 Å². The number of halogens is 1. The van der Waals surface area contributed by atoms with Crippen molar-refractivity contribution >= 4 is 29.2 Å². The molecule has 0 fully saturated rings. The summed E-state index contributed by atoms with van der Waals surface area (Å²) < 4.78 is 6.23. The Balaban J connectivity index is 2.26. The molecular weight excluding hydrogens is 294 g/mol. The van der Waals surface area contributed by atoms with Crippen LogP contribution in [0, 0.1) is 6.92 Å². The normalized spacial score (nSPS) is 10.3. The maximum Gasteiger partial charge on any atom is 0.337 e. The van der Waals surface area contributed by atoms with Crippen molar-refractivity contribution in [3.63, 3.8) is 0 Å². The van der Waals surface area contributed by atoms with Crippen molar-refractivity contribution in [1.82, 2.24) is 9.78 Å². The number of nitrogens with one attached hydrogen (secondary N) is 1. The van der Waals surface area contributed by atoms with Gasteiger partial charge in [-0.3, -0.25) is 9.48 Å². The molecule has 0 saturated heterocycles. The number of ether oxygens (including phenoxy) is 1. The van der Waals surface area contributed by atoms with Gasteiger partial charge < -0.3 is 10.1 Å². The molecule has 0 atom stereocenters. The maximum atomic E-state index is 12.1. The van der Waals surface area contributed by atoms with Crippen LogP contribution in [0.4, 0.5) is 5.69 Å². The molecule has 1 aromatic carbocycles. The Morgan fingerprint density at radius 2 is 2.05 bits per heavy atom. The van der Waals surface area contributed by atoms with E-state index >= 15 is 0 Å². The van der Waals surface area contributed by atoms with Crippen LogP contribution >= 0.6 is 11.6 Å². The first-order chi connectivity index (χ1) is 9.92. The number of hydrogen-bond donors (Lipinski definition) is 1. The molecule has 0 unspecified atom stereocenters. The van der Waals surface area contributed by atoms with Gasteiger partial charge in [-0.1, -0.05) is 11.6 Å². The zero-order chi connectivity index (χ0) is 15.6. The monoisotopic (exact) mass is 307 g/mol. The highest BCUT2D eigenvalue weighted by Gasteiger charge is 2.15. The van der Waals surface area contributed by atoms with Crippen LogP contribution in [0.15, 0.2) is 24.3 Å². The van der Waals surface area contributed by atoms with Crippen LogP contribution in [0.5, 0.6) is 0 Å². The molecule has 6 nitrogen and oxygen atoms in total. The molecule has 0 spiro atoms. The molecule has 0 aliphatic rings. The number of nitrogens with zero attached hydrogens (tertiary/aromatic N) is 2. The fraction of sp³-hybridized carbons (Fsp3) is 0.214. The number of anilines is 1. The lowest BCUT2D eigenvalue weighted by Crippen LogP contribution is -2.14. The molecule has 1 N–H and O–H groups in total. The van der Waals surface area contributed by atoms with Gasteiger partial charge in [0.05, 0.1) is 23.4 Å². The van der Waals surface area contributed by atoms with Crippen LogP contribution in [0.3, 0.4) is 0 Å². The van der Waals surface area contributed by atoms with E-state index < -0.39 is 11.9 Å². The van der Waals surface area contributed by atoms with E-state index in [4.69, 9.17) is 11.6 Å². The summed E-state index contributed by atoms with van der Waals surface area (Å²) in [4.78, 5) is 23.6. The van der Waals surface area contributed by atoms with E-state index in [1.165, 1.54) is 25.3 Å². The number of amides is 1. The number of hydrogen-bond acceptors (Lipinski definition) is 4. The standard InChI is InChI=1S/C14H14ClN3O3/c1-8-6-12(17-18(8)2)13(19)16-11-7-9(14(20)21-3)4-5-10(11)15/h4-7H,1-3H3,(H,16,19). The molecule has 0 saturated carbocycles. The van der Waals surface area contributed by atoms with E-state index in [0.29, 0.717) is 16.3 Å². The summed E-state index contributed by atoms with van der Waals surface area (Å²) in [5.74, 6) is -0.904. The zero-order valence-electron chi connectivity index (χ0n) is 11.8. The van der Waals surface area contributed by atoms with Crippen molar-refractivity contribution in [2.45, 2.75) is 6.92 Å². The maximum absolute atomic E-state index is 12.1. The van der Waals surface area contributed by atoms with Crippen molar-refractivity contribution in [1.29, 1.82) is 0 Å². The zero-order valence-corrected chi connectivity index (χ0v) is 12.6. The summed E-state index contributed by atoms with van der Waals surface area (Å²) in [5, 5.41) is 7.03. The number of carbonyl (C=O) groups excluding carboxylic acids is 2. The molecule has 1 amide bonds. The van der Waals surface area contributed by atoms with Crippen molar-refractivity contribution < 1.29 is 14.3 Å². The highest BCUT2D eigenvalue weighted by molar-refractivity contribution is 6.34. The number of carbonyl (C=O) groups is 2. The van der Waals surface area contributed by atoms with Gasteiger partial charge in [-0.2, -0.15) is 5.10 Å². The largest absolute Gasteiger partial charge is 0.465 e. The molecule has 2 rings (SSSR count). The molecule has 1 aromatic heterocycles. The smallest absolute Gasteiger partial charge is 0.337 e. The molecule has 2 aromatic rings. The highest BCUT2D eigenvalue weighted by atomic mass is 35.5. The Hall–Kier alpha value is -2.34. The number of benzene rings is 1. The van der Waals surface area contributed by atoms with E-state index in [-0.39, 0.29) is 5.69 Å². The first-order valence-electron chi connectivity index (χ1n) is 6.12. The first kappa shape index (κ1) is 15.1. The first-order valence-corrected chi connectivity index (χ1v) is 6.50. The second kappa shape index (κ2) is 5.97. The van der Waals surface area contributed by atoms with Gasteiger partial charge in [0.1, 0.15) is 0 Å². The predicted molar refractivity (Wildman–Crippen MR) is 78.7 cm³/mol. The lowest BCUT2D eigenvalue weighted by molar-refractivity contribution is 0.0600. The van der Waals surface area contributed by atoms with E-state index in [1.807, 2.05) is 6.92 Å². The molecule has 21 heavy (non-hydrogen) atoms. The fourth-order valence-electron chi connectivity index (χ4n) is 1.72. The Bertz CT molecular complexity index is 690. The SMILES string of the molecule is COC(=O)c1ccc(Cl)c(NC(=O)c2cc(C)n(C)n2)c1. The van der Waals surface area contributed by atoms with Crippen molar-refractivity contribution in [3.05, 3.63) is 46.2 Å². The Morgan fingerprint density at radius 3 is 2.62 bits per heavy atom. The predicted octanol–water partition coefficient (Wildman–Crippen LogP) is 2.42. The average molecular weight is 308 g/mol. The molecule has 1 heterocycles. The minimum absolute atomic E-state index is 0.273. The number of aromatic nitrogens is 2. The van der Waals surface area contributed by atoms with E-state index in [1.54, 1.807) is 17.8 Å². The van der Waals surface area contributed by atoms with Crippen molar-refractivity contribution in [2.24, 2.45) is 7.05 Å². The van der Waals surface area contributed by atoms with Gasteiger partial charge in [0, 0.05) is 12.7 Å². The van der Waals surface area contributed by atoms with Crippen LogP contribution in [0.25, 0.3) is 0 Å². The average Bonchev–Trinajstić information content (AvgIpc) is 2.80. The summed E-state index contributed by atoms with van der Waals surface area (Å²) in [6.45, 7) is 1.84. The van der Waals surface area contributed by atoms with Crippen LogP contribution in [0.2, 0.25) is 5.02 Å². The Kier molecular flexibility index (Phi) is 4.28. The van der Waals surface area contributed by atoms with Crippen molar-refractivity contribution in [3.8, 4) is 0 Å². The summed E-state index contributed by atoms with van der Waals surface area (Å²) in [5.41, 5.74) is 1.76. The van der Waals surface area contributed by atoms with Crippen LogP contribution in [-0.4, -0.2) is 28.8 Å². The molecule has 0 aliphatic heterocycles. The number of aryl methyl sites for hydroxylation is 2. The molecule has 0 aliphatic carbocycles. The summed E-state index contributed by atoms with van der Waals surface area (Å²) in [6.07, 6.45) is 0. The number of methoxy groups -OCH3 is 1. The number of rotatable bonds is 3. The molecule has 0 bridgehead atoms. The van der Waals surface area contributed by atoms with Gasteiger partial charge in [-0.15, -0.1) is 0 Å². The Morgan fingerprint density at radius 1 is 1.33 bits per heavy atom. The lowest BCUT2D eigenvalue weighted by Gasteiger charge is -2.07. The molecular formula is C14H14ClN3O3. The molecule has 110 valence electrons. The minimum Gasteiger partial charge on any atom is -0.465 e. The molecule has 7 heteroatoms. The fourth-order valence-corrected chi connectivity index (χ4v) is 1.89. The quantitative estimate of drug-likeness (QED) is 0.884. The van der Waals surface area contributed by atoms with E-state index in [2.05, 4.69) is 15.2 Å². The second-order valence-electron chi connectivity index (χ2n) is 4.43. The van der Waals surface area contributed by atoms with Crippen molar-refractivity contribution in [2.75, 3.05) is 12.4 Å². The van der Waals surface area contributed by atoms with E-state index in [9.17, 15) is 9.59 Å². The van der Waals surface area contributed by atoms with Gasteiger partial charge in [0.25, 0.3) is 5.91 Å². The summed E-state index contributed by atoms with van der Waals surface area (Å²) in [6, 6.07) is 6.16. The van der Waals surface area contributed by atoms with Gasteiger partial charge in [-0.05, 0) is 31.2 Å². The van der Waals surface area contributed by atoms with E-state index in [0.717, 1.165) is 5.69 Å². The third-order valence-electron chi connectivity index (χ3n) is 2.98. The third-order valence-corrected chi connectivity index (χ3v) is 3.31. The molecule has 0 radical (unpaired) electrons. The second-order valence-corrected chi connectivity index (χ2v) is 4.84. The Labute approximate surface area is 126 Å². The van der Waals surface area contributed by atoms with Crippen LogP contribution in [-0.2, 0) is 11.8 Å². The minimum atomic E-state index is -0.504.